The topological polar surface area (TPSA) is 64.5 Å². The van der Waals surface area contributed by atoms with E-state index in [1.165, 1.54) is 20.2 Å². The second kappa shape index (κ2) is 10.7. The molecule has 0 spiro atoms. The number of hydrogen-bond donors (Lipinski definition) is 0. The first-order valence-electron chi connectivity index (χ1n) is 14.0. The van der Waals surface area contributed by atoms with Crippen LogP contribution in [-0.4, -0.2) is 24.9 Å². The van der Waals surface area contributed by atoms with Crippen molar-refractivity contribution in [2.24, 2.45) is 0 Å². The number of pyridine rings is 2. The maximum atomic E-state index is 4.94. The molecule has 0 atom stereocenters. The van der Waals surface area contributed by atoms with Crippen LogP contribution in [-0.2, 0) is 0 Å². The molecule has 0 bridgehead atoms. The van der Waals surface area contributed by atoms with Crippen molar-refractivity contribution in [2.45, 2.75) is 0 Å². The summed E-state index contributed by atoms with van der Waals surface area (Å²) in [5.74, 6) is 1.97. The lowest BCUT2D eigenvalue weighted by Crippen LogP contribution is -2.00. The van der Waals surface area contributed by atoms with Crippen LogP contribution < -0.4 is 0 Å². The average Bonchev–Trinajstić information content (AvgIpc) is 3.46. The maximum absolute atomic E-state index is 4.94. The monoisotopic (exact) mass is 569 g/mol. The highest BCUT2D eigenvalue weighted by atomic mass is 32.1. The van der Waals surface area contributed by atoms with Crippen molar-refractivity contribution < 1.29 is 0 Å². The summed E-state index contributed by atoms with van der Waals surface area (Å²) in [6.07, 6.45) is 5.52. The van der Waals surface area contributed by atoms with Gasteiger partial charge in [-0.3, -0.25) is 9.97 Å². The van der Waals surface area contributed by atoms with Crippen LogP contribution in [0.2, 0.25) is 0 Å². The molecule has 0 N–H and O–H groups in total. The zero-order valence-corrected chi connectivity index (χ0v) is 23.7. The molecule has 6 heteroatoms. The van der Waals surface area contributed by atoms with Crippen molar-refractivity contribution in [3.05, 3.63) is 140 Å². The quantitative estimate of drug-likeness (QED) is 0.207. The highest BCUT2D eigenvalue weighted by Gasteiger charge is 2.14. The molecule has 8 rings (SSSR count). The minimum atomic E-state index is 0.654. The molecule has 0 aliphatic carbocycles. The molecule has 5 nitrogen and oxygen atoms in total. The summed E-state index contributed by atoms with van der Waals surface area (Å²) in [6.45, 7) is 0. The first kappa shape index (κ1) is 25.1. The van der Waals surface area contributed by atoms with E-state index in [1.54, 1.807) is 23.7 Å². The minimum Gasteiger partial charge on any atom is -0.265 e. The van der Waals surface area contributed by atoms with Crippen LogP contribution in [0.5, 0.6) is 0 Å². The number of aromatic nitrogens is 5. The Balaban J connectivity index is 1.23. The van der Waals surface area contributed by atoms with Crippen LogP contribution in [0.25, 0.3) is 76.7 Å². The van der Waals surface area contributed by atoms with E-state index in [-0.39, 0.29) is 0 Å². The molecule has 202 valence electrons. The van der Waals surface area contributed by atoms with Gasteiger partial charge in [-0.25, -0.2) is 15.0 Å². The van der Waals surface area contributed by atoms with E-state index in [1.807, 2.05) is 79.0 Å². The van der Waals surface area contributed by atoms with Crippen LogP contribution in [0.1, 0.15) is 0 Å². The smallest absolute Gasteiger partial charge is 0.164 e. The molecule has 4 heterocycles. The fourth-order valence-corrected chi connectivity index (χ4v) is 6.36. The summed E-state index contributed by atoms with van der Waals surface area (Å²) in [5, 5.41) is 2.39. The Hall–Kier alpha value is -5.59. The van der Waals surface area contributed by atoms with Gasteiger partial charge in [0.15, 0.2) is 17.5 Å². The van der Waals surface area contributed by atoms with Gasteiger partial charge < -0.3 is 0 Å². The summed E-state index contributed by atoms with van der Waals surface area (Å²) < 4.78 is 2.46. The maximum Gasteiger partial charge on any atom is 0.164 e. The Kier molecular flexibility index (Phi) is 6.24. The minimum absolute atomic E-state index is 0.654. The predicted octanol–water partition coefficient (Wildman–Crippen LogP) is 9.36. The highest BCUT2D eigenvalue weighted by Crippen LogP contribution is 2.38. The standard InChI is InChI=1S/C37H23N5S/c1-3-7-25(8-4-1)35-40-36(26-9-5-2-6-10-26)42-37(41-35)28-13-16-34-31(22-28)30-21-27(12-15-33(30)43-34)29-11-14-32(39-23-29)24-17-19-38-20-18-24/h1-23H. The van der Waals surface area contributed by atoms with Gasteiger partial charge in [-0.05, 0) is 54.1 Å². The van der Waals surface area contributed by atoms with Gasteiger partial charge in [-0.15, -0.1) is 11.3 Å². The third-order valence-electron chi connectivity index (χ3n) is 7.50. The van der Waals surface area contributed by atoms with Crippen molar-refractivity contribution in [3.63, 3.8) is 0 Å². The first-order valence-corrected chi connectivity index (χ1v) is 14.8. The van der Waals surface area contributed by atoms with E-state index in [9.17, 15) is 0 Å². The lowest BCUT2D eigenvalue weighted by molar-refractivity contribution is 1.07. The van der Waals surface area contributed by atoms with Crippen LogP contribution in [0.3, 0.4) is 0 Å². The van der Waals surface area contributed by atoms with Gasteiger partial charge in [0.2, 0.25) is 0 Å². The van der Waals surface area contributed by atoms with Crippen LogP contribution in [0, 0.1) is 0 Å². The third-order valence-corrected chi connectivity index (χ3v) is 8.65. The summed E-state index contributed by atoms with van der Waals surface area (Å²) in [5.41, 5.74) is 7.06. The van der Waals surface area contributed by atoms with Crippen LogP contribution in [0.4, 0.5) is 0 Å². The molecule has 0 amide bonds. The van der Waals surface area contributed by atoms with Crippen LogP contribution >= 0.6 is 11.3 Å². The molecule has 0 radical (unpaired) electrons. The molecule has 0 unspecified atom stereocenters. The zero-order valence-electron chi connectivity index (χ0n) is 22.9. The molecule has 0 saturated carbocycles. The normalized spacial score (nSPS) is 11.3. The zero-order chi connectivity index (χ0) is 28.6. The Morgan fingerprint density at radius 1 is 0.419 bits per heavy atom. The lowest BCUT2D eigenvalue weighted by atomic mass is 10.0. The van der Waals surface area contributed by atoms with Gasteiger partial charge in [-0.2, -0.15) is 0 Å². The second-order valence-corrected chi connectivity index (χ2v) is 11.3. The fourth-order valence-electron chi connectivity index (χ4n) is 5.29. The molecule has 0 aliphatic heterocycles. The first-order chi connectivity index (χ1) is 21.3. The fraction of sp³-hybridized carbons (Fsp3) is 0. The largest absolute Gasteiger partial charge is 0.265 e. The SMILES string of the molecule is c1ccc(-c2nc(-c3ccccc3)nc(-c3ccc4sc5ccc(-c6ccc(-c7ccncc7)nc6)cc5c4c3)n2)cc1. The molecule has 4 aromatic carbocycles. The van der Waals surface area contributed by atoms with E-state index in [4.69, 9.17) is 19.9 Å². The van der Waals surface area contributed by atoms with Gasteiger partial charge in [-0.1, -0.05) is 72.8 Å². The summed E-state index contributed by atoms with van der Waals surface area (Å²) in [6, 6.07) is 41.4. The highest BCUT2D eigenvalue weighted by molar-refractivity contribution is 7.25. The molecule has 0 aliphatic rings. The molecule has 43 heavy (non-hydrogen) atoms. The Morgan fingerprint density at radius 3 is 1.53 bits per heavy atom. The number of nitrogens with zero attached hydrogens (tertiary/aromatic N) is 5. The van der Waals surface area contributed by atoms with Crippen molar-refractivity contribution in [1.82, 2.24) is 24.9 Å². The van der Waals surface area contributed by atoms with E-state index in [0.29, 0.717) is 17.5 Å². The predicted molar refractivity (Wildman–Crippen MR) is 175 cm³/mol. The summed E-state index contributed by atoms with van der Waals surface area (Å²) in [4.78, 5) is 23.6. The van der Waals surface area contributed by atoms with E-state index in [2.05, 4.69) is 53.5 Å². The molecule has 4 aromatic heterocycles. The van der Waals surface area contributed by atoms with Crippen molar-refractivity contribution >= 4 is 31.5 Å². The number of hydrogen-bond acceptors (Lipinski definition) is 6. The van der Waals surface area contributed by atoms with E-state index in [0.717, 1.165) is 39.1 Å². The van der Waals surface area contributed by atoms with Gasteiger partial charge >= 0.3 is 0 Å². The molecule has 8 aromatic rings. The van der Waals surface area contributed by atoms with Crippen LogP contribution in [0.15, 0.2) is 140 Å². The Labute approximate surface area is 252 Å². The number of thiophene rings is 1. The summed E-state index contributed by atoms with van der Waals surface area (Å²) >= 11 is 1.79. The number of rotatable bonds is 5. The summed E-state index contributed by atoms with van der Waals surface area (Å²) in [7, 11) is 0. The van der Waals surface area contributed by atoms with Gasteiger partial charge in [0.25, 0.3) is 0 Å². The molecule has 0 fully saturated rings. The van der Waals surface area contributed by atoms with E-state index >= 15 is 0 Å². The lowest BCUT2D eigenvalue weighted by Gasteiger charge is -2.08. The molecular weight excluding hydrogens is 547 g/mol. The van der Waals surface area contributed by atoms with Gasteiger partial charge in [0, 0.05) is 66.6 Å². The van der Waals surface area contributed by atoms with Gasteiger partial charge in [0.05, 0.1) is 5.69 Å². The second-order valence-electron chi connectivity index (χ2n) is 10.2. The average molecular weight is 570 g/mol. The number of fused-ring (bicyclic) bond motifs is 3. The molecule has 0 saturated heterocycles. The van der Waals surface area contributed by atoms with Crippen molar-refractivity contribution in [3.8, 4) is 56.5 Å². The van der Waals surface area contributed by atoms with Gasteiger partial charge in [0.1, 0.15) is 0 Å². The van der Waals surface area contributed by atoms with Crippen molar-refractivity contribution in [1.29, 1.82) is 0 Å². The van der Waals surface area contributed by atoms with E-state index < -0.39 is 0 Å². The van der Waals surface area contributed by atoms with Crippen molar-refractivity contribution in [2.75, 3.05) is 0 Å². The Morgan fingerprint density at radius 2 is 0.953 bits per heavy atom. The number of benzene rings is 4. The Bertz CT molecular complexity index is 2150. The molecular formula is C37H23N5S. The third kappa shape index (κ3) is 4.84.